The van der Waals surface area contributed by atoms with E-state index in [2.05, 4.69) is 29.0 Å². The van der Waals surface area contributed by atoms with Gasteiger partial charge in [-0.3, -0.25) is 10.1 Å². The van der Waals surface area contributed by atoms with Crippen LogP contribution in [0.3, 0.4) is 0 Å². The minimum Gasteiger partial charge on any atom is -0.351 e. The Kier molecular flexibility index (Phi) is 5.36. The van der Waals surface area contributed by atoms with Crippen molar-refractivity contribution < 1.29 is 4.92 Å². The van der Waals surface area contributed by atoms with Gasteiger partial charge in [0.2, 0.25) is 0 Å². The lowest BCUT2D eigenvalue weighted by atomic mass is 10.0. The number of nitrogens with zero attached hydrogens (tertiary/aromatic N) is 3. The molecule has 0 aromatic carbocycles. The summed E-state index contributed by atoms with van der Waals surface area (Å²) >= 11 is 6.20. The maximum Gasteiger partial charge on any atom is 0.289 e. The average molecular weight is 313 g/mol. The summed E-state index contributed by atoms with van der Waals surface area (Å²) in [5.41, 5.74) is -0.0803. The van der Waals surface area contributed by atoms with Crippen LogP contribution in [0.1, 0.15) is 33.1 Å². The number of aromatic nitrogens is 1. The van der Waals surface area contributed by atoms with Gasteiger partial charge in [-0.15, -0.1) is 0 Å². The normalized spacial score (nSPS) is 18.8. The molecule has 1 unspecified atom stereocenters. The highest BCUT2D eigenvalue weighted by molar-refractivity contribution is 6.33. The first-order chi connectivity index (χ1) is 9.99. The van der Waals surface area contributed by atoms with E-state index in [0.717, 1.165) is 19.5 Å². The van der Waals surface area contributed by atoms with Crippen LogP contribution in [0.2, 0.25) is 5.02 Å². The van der Waals surface area contributed by atoms with Gasteiger partial charge in [0.05, 0.1) is 9.95 Å². The van der Waals surface area contributed by atoms with Crippen molar-refractivity contribution in [2.75, 3.05) is 18.0 Å². The molecular weight excluding hydrogens is 292 g/mol. The predicted octanol–water partition coefficient (Wildman–Crippen LogP) is 3.00. The van der Waals surface area contributed by atoms with E-state index in [-0.39, 0.29) is 11.7 Å². The zero-order valence-electron chi connectivity index (χ0n) is 12.4. The van der Waals surface area contributed by atoms with Gasteiger partial charge in [0, 0.05) is 24.7 Å². The fourth-order valence-corrected chi connectivity index (χ4v) is 2.86. The van der Waals surface area contributed by atoms with Crippen LogP contribution >= 0.6 is 11.6 Å². The summed E-state index contributed by atoms with van der Waals surface area (Å²) in [5.74, 6) is 0.615. The quantitative estimate of drug-likeness (QED) is 0.668. The topological polar surface area (TPSA) is 71.3 Å². The van der Waals surface area contributed by atoms with Crippen molar-refractivity contribution >= 4 is 23.1 Å². The van der Waals surface area contributed by atoms with Crippen molar-refractivity contribution in [3.05, 3.63) is 27.4 Å². The zero-order valence-corrected chi connectivity index (χ0v) is 13.1. The Morgan fingerprint density at radius 1 is 1.57 bits per heavy atom. The Morgan fingerprint density at radius 3 is 2.86 bits per heavy atom. The molecule has 7 heteroatoms. The minimum absolute atomic E-state index is 0.0803. The summed E-state index contributed by atoms with van der Waals surface area (Å²) in [4.78, 5) is 16.6. The van der Waals surface area contributed by atoms with Crippen LogP contribution in [0.25, 0.3) is 0 Å². The molecule has 6 nitrogen and oxygen atoms in total. The molecule has 1 atom stereocenters. The van der Waals surface area contributed by atoms with Crippen LogP contribution in [-0.2, 0) is 0 Å². The first-order valence-corrected chi connectivity index (χ1v) is 7.66. The smallest absolute Gasteiger partial charge is 0.289 e. The summed E-state index contributed by atoms with van der Waals surface area (Å²) in [6.07, 6.45) is 4.85. The molecule has 0 spiro atoms. The molecule has 1 aromatic rings. The second-order valence-electron chi connectivity index (χ2n) is 5.65. The van der Waals surface area contributed by atoms with E-state index >= 15 is 0 Å². The third-order valence-corrected chi connectivity index (χ3v) is 4.02. The van der Waals surface area contributed by atoms with Crippen LogP contribution in [0.5, 0.6) is 0 Å². The summed E-state index contributed by atoms with van der Waals surface area (Å²) in [6, 6.07) is 2.00. The number of pyridine rings is 1. The minimum atomic E-state index is -0.481. The summed E-state index contributed by atoms with van der Waals surface area (Å²) in [6.45, 7) is 5.99. The third-order valence-electron chi connectivity index (χ3n) is 3.74. The highest BCUT2D eigenvalue weighted by atomic mass is 35.5. The van der Waals surface area contributed by atoms with E-state index in [4.69, 9.17) is 11.6 Å². The standard InChI is InChI=1S/C14H21ClN4O2/c1-10(2)18(9-11-5-3-4-6-16-11)14-13(15)7-12(8-17-14)19(20)21/h7-8,10-11,16H,3-6,9H2,1-2H3. The molecule has 0 bridgehead atoms. The average Bonchev–Trinajstić information content (AvgIpc) is 2.46. The SMILES string of the molecule is CC(C)N(CC1CCCCN1)c1ncc([N+](=O)[O-])cc1Cl. The number of nitrogens with one attached hydrogen (secondary N) is 1. The molecule has 1 saturated heterocycles. The first kappa shape index (κ1) is 16.0. The molecule has 1 N–H and O–H groups in total. The summed E-state index contributed by atoms with van der Waals surface area (Å²) in [5, 5.41) is 14.6. The monoisotopic (exact) mass is 312 g/mol. The lowest BCUT2D eigenvalue weighted by molar-refractivity contribution is -0.385. The van der Waals surface area contributed by atoms with Crippen LogP contribution in [0, 0.1) is 10.1 Å². The molecule has 0 amide bonds. The van der Waals surface area contributed by atoms with Crippen molar-refractivity contribution in [1.82, 2.24) is 10.3 Å². The maximum atomic E-state index is 10.8. The predicted molar refractivity (Wildman–Crippen MR) is 84.0 cm³/mol. The molecule has 0 aliphatic carbocycles. The second kappa shape index (κ2) is 7.04. The van der Waals surface area contributed by atoms with Crippen molar-refractivity contribution in [2.24, 2.45) is 0 Å². The van der Waals surface area contributed by atoms with Crippen LogP contribution in [0.4, 0.5) is 11.5 Å². The lowest BCUT2D eigenvalue weighted by Crippen LogP contribution is -2.46. The van der Waals surface area contributed by atoms with Crippen molar-refractivity contribution in [2.45, 2.75) is 45.2 Å². The molecule has 116 valence electrons. The van der Waals surface area contributed by atoms with E-state index in [1.165, 1.54) is 25.1 Å². The molecular formula is C14H21ClN4O2. The fourth-order valence-electron chi connectivity index (χ4n) is 2.59. The Balaban J connectivity index is 2.19. The fraction of sp³-hybridized carbons (Fsp3) is 0.643. The number of piperidine rings is 1. The van der Waals surface area contributed by atoms with Crippen molar-refractivity contribution in [3.63, 3.8) is 0 Å². The second-order valence-corrected chi connectivity index (χ2v) is 6.06. The van der Waals surface area contributed by atoms with Gasteiger partial charge in [-0.2, -0.15) is 0 Å². The van der Waals surface area contributed by atoms with Gasteiger partial charge >= 0.3 is 0 Å². The zero-order chi connectivity index (χ0) is 15.4. The molecule has 1 aromatic heterocycles. The van der Waals surface area contributed by atoms with E-state index < -0.39 is 4.92 Å². The number of hydrogen-bond donors (Lipinski definition) is 1. The number of rotatable bonds is 5. The molecule has 1 fully saturated rings. The van der Waals surface area contributed by atoms with Crippen molar-refractivity contribution in [1.29, 1.82) is 0 Å². The maximum absolute atomic E-state index is 10.8. The van der Waals surface area contributed by atoms with Gasteiger partial charge in [-0.05, 0) is 33.2 Å². The van der Waals surface area contributed by atoms with E-state index in [1.54, 1.807) is 0 Å². The molecule has 2 heterocycles. The Labute approximate surface area is 129 Å². The molecule has 21 heavy (non-hydrogen) atoms. The highest BCUT2D eigenvalue weighted by Crippen LogP contribution is 2.29. The summed E-state index contributed by atoms with van der Waals surface area (Å²) < 4.78 is 0. The molecule has 2 rings (SSSR count). The van der Waals surface area contributed by atoms with Crippen molar-refractivity contribution in [3.8, 4) is 0 Å². The largest absolute Gasteiger partial charge is 0.351 e. The van der Waals surface area contributed by atoms with Gasteiger partial charge in [-0.25, -0.2) is 4.98 Å². The van der Waals surface area contributed by atoms with Crippen LogP contribution < -0.4 is 10.2 Å². The molecule has 0 radical (unpaired) electrons. The number of nitro groups is 1. The van der Waals surface area contributed by atoms with Gasteiger partial charge in [0.25, 0.3) is 5.69 Å². The van der Waals surface area contributed by atoms with Gasteiger partial charge in [-0.1, -0.05) is 18.0 Å². The molecule has 1 aliphatic rings. The Morgan fingerprint density at radius 2 is 2.33 bits per heavy atom. The number of hydrogen-bond acceptors (Lipinski definition) is 5. The van der Waals surface area contributed by atoms with Crippen LogP contribution in [0.15, 0.2) is 12.3 Å². The lowest BCUT2D eigenvalue weighted by Gasteiger charge is -2.34. The molecule has 0 saturated carbocycles. The Bertz CT molecular complexity index is 504. The first-order valence-electron chi connectivity index (χ1n) is 7.29. The highest BCUT2D eigenvalue weighted by Gasteiger charge is 2.22. The van der Waals surface area contributed by atoms with Gasteiger partial charge in [0.15, 0.2) is 0 Å². The number of anilines is 1. The summed E-state index contributed by atoms with van der Waals surface area (Å²) in [7, 11) is 0. The van der Waals surface area contributed by atoms with E-state index in [9.17, 15) is 10.1 Å². The van der Waals surface area contributed by atoms with Gasteiger partial charge in [0.1, 0.15) is 12.0 Å². The van der Waals surface area contributed by atoms with Crippen LogP contribution in [-0.4, -0.2) is 35.1 Å². The van der Waals surface area contributed by atoms with Gasteiger partial charge < -0.3 is 10.2 Å². The third kappa shape index (κ3) is 4.04. The molecule has 1 aliphatic heterocycles. The van der Waals surface area contributed by atoms with E-state index in [0.29, 0.717) is 16.9 Å². The van der Waals surface area contributed by atoms with E-state index in [1.807, 2.05) is 0 Å². The number of halogens is 1. The Hall–Kier alpha value is -1.40.